The quantitative estimate of drug-likeness (QED) is 0.561. The molecule has 0 atom stereocenters. The average molecular weight is 400 g/mol. The summed E-state index contributed by atoms with van der Waals surface area (Å²) in [4.78, 5) is 4.15. The maximum atomic E-state index is 6.08. The minimum absolute atomic E-state index is 0.578. The zero-order valence-electron chi connectivity index (χ0n) is 15.4. The first-order chi connectivity index (χ1) is 13.0. The molecule has 6 heteroatoms. The van der Waals surface area contributed by atoms with Gasteiger partial charge >= 0.3 is 0 Å². The van der Waals surface area contributed by atoms with Gasteiger partial charge in [0.1, 0.15) is 5.76 Å². The second kappa shape index (κ2) is 8.93. The summed E-state index contributed by atoms with van der Waals surface area (Å²) in [5.41, 5.74) is 3.19. The summed E-state index contributed by atoms with van der Waals surface area (Å²) in [7, 11) is 4.06. The standard InChI is InChI=1S/C21H22ClN3OS/c1-24(2)19-10-8-16(9-11-19)14-25(15-20-7-4-12-26-20)21(27)23-18-6-3-5-17(22)13-18/h3-13H,14-15H2,1-2H3,(H,23,27). The molecular formula is C21H22ClN3OS. The molecule has 0 unspecified atom stereocenters. The summed E-state index contributed by atoms with van der Waals surface area (Å²) in [6.45, 7) is 1.25. The van der Waals surface area contributed by atoms with Gasteiger partial charge in [-0.15, -0.1) is 0 Å². The Labute approximate surface area is 170 Å². The molecule has 0 aliphatic rings. The Balaban J connectivity index is 1.76. The molecule has 2 aromatic carbocycles. The highest BCUT2D eigenvalue weighted by Gasteiger charge is 2.13. The van der Waals surface area contributed by atoms with Crippen molar-refractivity contribution < 1.29 is 4.42 Å². The Morgan fingerprint density at radius 1 is 1.04 bits per heavy atom. The van der Waals surface area contributed by atoms with Gasteiger partial charge in [-0.25, -0.2) is 0 Å². The van der Waals surface area contributed by atoms with Gasteiger partial charge in [0, 0.05) is 37.0 Å². The van der Waals surface area contributed by atoms with Crippen LogP contribution in [-0.2, 0) is 13.1 Å². The van der Waals surface area contributed by atoms with E-state index in [2.05, 4.69) is 39.4 Å². The van der Waals surface area contributed by atoms with Gasteiger partial charge in [-0.3, -0.25) is 0 Å². The minimum atomic E-state index is 0.578. The third-order valence-electron chi connectivity index (χ3n) is 4.12. The van der Waals surface area contributed by atoms with Gasteiger partial charge in [0.2, 0.25) is 0 Å². The highest BCUT2D eigenvalue weighted by atomic mass is 35.5. The molecule has 1 aromatic heterocycles. The lowest BCUT2D eigenvalue weighted by Gasteiger charge is -2.25. The molecule has 0 spiro atoms. The van der Waals surface area contributed by atoms with Crippen LogP contribution in [0.25, 0.3) is 0 Å². The SMILES string of the molecule is CN(C)c1ccc(CN(Cc2ccco2)C(=S)Nc2cccc(Cl)c2)cc1. The Morgan fingerprint density at radius 2 is 1.81 bits per heavy atom. The maximum absolute atomic E-state index is 6.08. The zero-order valence-corrected chi connectivity index (χ0v) is 16.9. The number of hydrogen-bond donors (Lipinski definition) is 1. The fourth-order valence-electron chi connectivity index (χ4n) is 2.68. The van der Waals surface area contributed by atoms with Crippen LogP contribution in [0.3, 0.4) is 0 Å². The fourth-order valence-corrected chi connectivity index (χ4v) is 3.12. The van der Waals surface area contributed by atoms with E-state index >= 15 is 0 Å². The molecule has 4 nitrogen and oxygen atoms in total. The highest BCUT2D eigenvalue weighted by Crippen LogP contribution is 2.19. The molecule has 0 amide bonds. The predicted octanol–water partition coefficient (Wildman–Crippen LogP) is 5.40. The number of anilines is 2. The van der Waals surface area contributed by atoms with E-state index in [1.807, 2.05) is 50.5 Å². The molecule has 3 rings (SSSR count). The first-order valence-electron chi connectivity index (χ1n) is 8.61. The van der Waals surface area contributed by atoms with Crippen LogP contribution < -0.4 is 10.2 Å². The van der Waals surface area contributed by atoms with E-state index in [0.717, 1.165) is 17.1 Å². The van der Waals surface area contributed by atoms with Gasteiger partial charge in [0.25, 0.3) is 0 Å². The minimum Gasteiger partial charge on any atom is -0.467 e. The number of nitrogens with one attached hydrogen (secondary N) is 1. The van der Waals surface area contributed by atoms with Crippen LogP contribution in [-0.4, -0.2) is 24.1 Å². The van der Waals surface area contributed by atoms with Gasteiger partial charge in [-0.2, -0.15) is 0 Å². The lowest BCUT2D eigenvalue weighted by molar-refractivity contribution is 0.360. The van der Waals surface area contributed by atoms with E-state index < -0.39 is 0 Å². The van der Waals surface area contributed by atoms with E-state index in [1.165, 1.54) is 5.56 Å². The molecular weight excluding hydrogens is 378 g/mol. The third-order valence-corrected chi connectivity index (χ3v) is 4.71. The van der Waals surface area contributed by atoms with Crippen molar-refractivity contribution in [3.05, 3.63) is 83.3 Å². The number of benzene rings is 2. The zero-order chi connectivity index (χ0) is 19.2. The van der Waals surface area contributed by atoms with E-state index in [1.54, 1.807) is 6.26 Å². The van der Waals surface area contributed by atoms with Crippen molar-refractivity contribution in [2.45, 2.75) is 13.1 Å². The van der Waals surface area contributed by atoms with Crippen molar-refractivity contribution in [2.24, 2.45) is 0 Å². The van der Waals surface area contributed by atoms with Gasteiger partial charge < -0.3 is 19.5 Å². The number of thiocarbonyl (C=S) groups is 1. The van der Waals surface area contributed by atoms with Crippen LogP contribution in [0.2, 0.25) is 5.02 Å². The monoisotopic (exact) mass is 399 g/mol. The summed E-state index contributed by atoms with van der Waals surface area (Å²) in [5, 5.41) is 4.55. The van der Waals surface area contributed by atoms with Gasteiger partial charge in [-0.1, -0.05) is 29.8 Å². The average Bonchev–Trinajstić information content (AvgIpc) is 3.15. The van der Waals surface area contributed by atoms with Crippen LogP contribution >= 0.6 is 23.8 Å². The third kappa shape index (κ3) is 5.49. The predicted molar refractivity (Wildman–Crippen MR) is 116 cm³/mol. The Bertz CT molecular complexity index is 879. The van der Waals surface area contributed by atoms with E-state index in [4.69, 9.17) is 28.2 Å². The summed E-state index contributed by atoms with van der Waals surface area (Å²) in [5.74, 6) is 0.857. The van der Waals surface area contributed by atoms with Crippen molar-refractivity contribution in [2.75, 3.05) is 24.3 Å². The first-order valence-corrected chi connectivity index (χ1v) is 9.40. The maximum Gasteiger partial charge on any atom is 0.174 e. The van der Waals surface area contributed by atoms with Crippen molar-refractivity contribution in [1.29, 1.82) is 0 Å². The molecule has 0 bridgehead atoms. The number of nitrogens with zero attached hydrogens (tertiary/aromatic N) is 2. The topological polar surface area (TPSA) is 31.6 Å². The molecule has 0 saturated carbocycles. The molecule has 3 aromatic rings. The van der Waals surface area contributed by atoms with Crippen molar-refractivity contribution >= 4 is 40.3 Å². The number of rotatable bonds is 6. The molecule has 0 saturated heterocycles. The van der Waals surface area contributed by atoms with E-state index in [0.29, 0.717) is 23.2 Å². The molecule has 0 aliphatic heterocycles. The molecule has 27 heavy (non-hydrogen) atoms. The number of hydrogen-bond acceptors (Lipinski definition) is 3. The Morgan fingerprint density at radius 3 is 2.44 bits per heavy atom. The normalized spacial score (nSPS) is 10.5. The van der Waals surface area contributed by atoms with Crippen molar-refractivity contribution in [3.63, 3.8) is 0 Å². The van der Waals surface area contributed by atoms with Crippen LogP contribution in [0.1, 0.15) is 11.3 Å². The van der Waals surface area contributed by atoms with Gasteiger partial charge in [0.15, 0.2) is 5.11 Å². The second-order valence-electron chi connectivity index (χ2n) is 6.44. The van der Waals surface area contributed by atoms with E-state index in [-0.39, 0.29) is 0 Å². The van der Waals surface area contributed by atoms with Gasteiger partial charge in [0.05, 0.1) is 12.8 Å². The molecule has 0 fully saturated rings. The molecule has 140 valence electrons. The van der Waals surface area contributed by atoms with E-state index in [9.17, 15) is 0 Å². The van der Waals surface area contributed by atoms with Crippen molar-refractivity contribution in [3.8, 4) is 0 Å². The van der Waals surface area contributed by atoms with Gasteiger partial charge in [-0.05, 0) is 60.2 Å². The number of halogens is 1. The lowest BCUT2D eigenvalue weighted by Crippen LogP contribution is -2.33. The van der Waals surface area contributed by atoms with Crippen LogP contribution in [0.5, 0.6) is 0 Å². The Hall–Kier alpha value is -2.50. The molecule has 1 heterocycles. The van der Waals surface area contributed by atoms with Crippen molar-refractivity contribution in [1.82, 2.24) is 4.90 Å². The summed E-state index contributed by atoms with van der Waals surface area (Å²) >= 11 is 11.7. The lowest BCUT2D eigenvalue weighted by atomic mass is 10.2. The summed E-state index contributed by atoms with van der Waals surface area (Å²) in [6, 6.07) is 19.8. The second-order valence-corrected chi connectivity index (χ2v) is 7.26. The van der Waals surface area contributed by atoms with Crippen LogP contribution in [0.4, 0.5) is 11.4 Å². The summed E-state index contributed by atoms with van der Waals surface area (Å²) in [6.07, 6.45) is 1.67. The van der Waals surface area contributed by atoms with Crippen LogP contribution in [0.15, 0.2) is 71.3 Å². The first kappa shape index (κ1) is 19.3. The number of furan rings is 1. The molecule has 0 aliphatic carbocycles. The fraction of sp³-hybridized carbons (Fsp3) is 0.190. The molecule has 1 N–H and O–H groups in total. The largest absolute Gasteiger partial charge is 0.467 e. The smallest absolute Gasteiger partial charge is 0.174 e. The summed E-state index contributed by atoms with van der Waals surface area (Å²) < 4.78 is 5.51. The highest BCUT2D eigenvalue weighted by molar-refractivity contribution is 7.80. The van der Waals surface area contributed by atoms with Crippen LogP contribution in [0, 0.1) is 0 Å². The Kier molecular flexibility index (Phi) is 6.37. The molecule has 0 radical (unpaired) electrons.